The molecule has 0 heterocycles. The smallest absolute Gasteiger partial charge is 0.329 e. The van der Waals surface area contributed by atoms with Crippen molar-refractivity contribution in [2.24, 2.45) is 0 Å². The molecule has 1 rings (SSSR count). The van der Waals surface area contributed by atoms with Gasteiger partial charge in [0.25, 0.3) is 0 Å². The van der Waals surface area contributed by atoms with E-state index in [1.165, 1.54) is 0 Å². The molecule has 1 aliphatic carbocycles. The minimum absolute atomic E-state index is 0.0802. The molecule has 0 aliphatic heterocycles. The maximum atomic E-state index is 11.9. The summed E-state index contributed by atoms with van der Waals surface area (Å²) in [4.78, 5) is 34.8. The van der Waals surface area contributed by atoms with Gasteiger partial charge in [-0.25, -0.2) is 4.79 Å². The van der Waals surface area contributed by atoms with Crippen LogP contribution < -0.4 is 10.6 Å². The first-order valence-electron chi connectivity index (χ1n) is 7.69. The molecule has 3 N–H and O–H groups in total. The first-order valence-corrected chi connectivity index (χ1v) is 7.69. The number of hydrogen-bond acceptors (Lipinski definition) is 3. The van der Waals surface area contributed by atoms with Crippen molar-refractivity contribution in [3.8, 4) is 0 Å². The van der Waals surface area contributed by atoms with Crippen molar-refractivity contribution in [3.63, 3.8) is 0 Å². The van der Waals surface area contributed by atoms with E-state index >= 15 is 0 Å². The maximum absolute atomic E-state index is 11.9. The fraction of sp³-hybridized carbons (Fsp3) is 0.800. The van der Waals surface area contributed by atoms with Gasteiger partial charge in [-0.15, -0.1) is 0 Å². The summed E-state index contributed by atoms with van der Waals surface area (Å²) in [6.45, 7) is 3.76. The number of aliphatic carboxylic acids is 1. The van der Waals surface area contributed by atoms with Gasteiger partial charge in [0, 0.05) is 18.9 Å². The van der Waals surface area contributed by atoms with Crippen molar-refractivity contribution in [1.29, 1.82) is 0 Å². The van der Waals surface area contributed by atoms with E-state index < -0.39 is 11.5 Å². The van der Waals surface area contributed by atoms with Crippen LogP contribution in [0.25, 0.3) is 0 Å². The Morgan fingerprint density at radius 2 is 1.62 bits per heavy atom. The minimum atomic E-state index is -1.10. The normalized spacial score (nSPS) is 17.3. The average molecular weight is 298 g/mol. The van der Waals surface area contributed by atoms with Crippen LogP contribution in [0.1, 0.15) is 65.2 Å². The second kappa shape index (κ2) is 8.00. The van der Waals surface area contributed by atoms with Gasteiger partial charge in [-0.05, 0) is 33.1 Å². The Balaban J connectivity index is 2.38. The van der Waals surface area contributed by atoms with E-state index in [9.17, 15) is 19.5 Å². The lowest BCUT2D eigenvalue weighted by Gasteiger charge is -2.34. The highest BCUT2D eigenvalue weighted by molar-refractivity contribution is 5.87. The molecule has 0 aromatic rings. The van der Waals surface area contributed by atoms with Crippen LogP contribution in [0.15, 0.2) is 0 Å². The summed E-state index contributed by atoms with van der Waals surface area (Å²) in [6, 6.07) is 0.0869. The Kier molecular flexibility index (Phi) is 6.65. The molecule has 6 heteroatoms. The van der Waals surface area contributed by atoms with Crippen LogP contribution in [-0.4, -0.2) is 34.5 Å². The van der Waals surface area contributed by atoms with Crippen LogP contribution in [0.2, 0.25) is 0 Å². The van der Waals surface area contributed by atoms with Gasteiger partial charge in [-0.1, -0.05) is 19.3 Å². The van der Waals surface area contributed by atoms with Crippen molar-refractivity contribution in [3.05, 3.63) is 0 Å². The Morgan fingerprint density at radius 1 is 1.05 bits per heavy atom. The predicted octanol–water partition coefficient (Wildman–Crippen LogP) is 1.58. The van der Waals surface area contributed by atoms with Crippen molar-refractivity contribution in [2.45, 2.75) is 76.8 Å². The van der Waals surface area contributed by atoms with Crippen LogP contribution in [0.3, 0.4) is 0 Å². The summed E-state index contributed by atoms with van der Waals surface area (Å²) in [5.41, 5.74) is -1.10. The molecule has 1 aliphatic rings. The van der Waals surface area contributed by atoms with Crippen LogP contribution in [-0.2, 0) is 14.4 Å². The lowest BCUT2D eigenvalue weighted by atomic mass is 9.81. The zero-order valence-corrected chi connectivity index (χ0v) is 12.9. The lowest BCUT2D eigenvalue weighted by molar-refractivity contribution is -0.149. The molecule has 0 aromatic heterocycles. The van der Waals surface area contributed by atoms with Gasteiger partial charge < -0.3 is 15.7 Å². The quantitative estimate of drug-likeness (QED) is 0.665. The third-order valence-electron chi connectivity index (χ3n) is 3.75. The van der Waals surface area contributed by atoms with Crippen molar-refractivity contribution >= 4 is 17.8 Å². The molecule has 0 saturated heterocycles. The van der Waals surface area contributed by atoms with E-state index in [4.69, 9.17) is 0 Å². The number of hydrogen-bond donors (Lipinski definition) is 3. The van der Waals surface area contributed by atoms with Gasteiger partial charge in [0.05, 0.1) is 0 Å². The van der Waals surface area contributed by atoms with Gasteiger partial charge in [-0.3, -0.25) is 9.59 Å². The van der Waals surface area contributed by atoms with Gasteiger partial charge in [0.1, 0.15) is 5.54 Å². The van der Waals surface area contributed by atoms with E-state index in [-0.39, 0.29) is 30.7 Å². The summed E-state index contributed by atoms with van der Waals surface area (Å²) < 4.78 is 0. The number of nitrogens with one attached hydrogen (secondary N) is 2. The summed E-state index contributed by atoms with van der Waals surface area (Å²) in [6.07, 6.45) is 4.53. The fourth-order valence-electron chi connectivity index (χ4n) is 2.68. The molecule has 0 unspecified atom stereocenters. The number of carbonyl (C=O) groups is 3. The molecule has 120 valence electrons. The second-order valence-corrected chi connectivity index (χ2v) is 6.07. The largest absolute Gasteiger partial charge is 0.480 e. The Hall–Kier alpha value is -1.59. The standard InChI is InChI=1S/C15H26N2O4/c1-11(2)16-12(18)7-6-8-13(19)17-15(14(20)21)9-4-3-5-10-15/h11H,3-10H2,1-2H3,(H,16,18)(H,17,19)(H,20,21). The Bertz CT molecular complexity index is 387. The molecule has 1 saturated carbocycles. The summed E-state index contributed by atoms with van der Waals surface area (Å²) in [5.74, 6) is -1.31. The van der Waals surface area contributed by atoms with Crippen LogP contribution in [0.5, 0.6) is 0 Å². The van der Waals surface area contributed by atoms with Gasteiger partial charge >= 0.3 is 5.97 Å². The number of carboxylic acids is 1. The molecular formula is C15H26N2O4. The third kappa shape index (κ3) is 5.73. The third-order valence-corrected chi connectivity index (χ3v) is 3.75. The maximum Gasteiger partial charge on any atom is 0.329 e. The molecule has 2 amide bonds. The van der Waals surface area contributed by atoms with Crippen molar-refractivity contribution in [1.82, 2.24) is 10.6 Å². The topological polar surface area (TPSA) is 95.5 Å². The van der Waals surface area contributed by atoms with Crippen LogP contribution >= 0.6 is 0 Å². The van der Waals surface area contributed by atoms with Crippen LogP contribution in [0, 0.1) is 0 Å². The molecule has 0 radical (unpaired) electrons. The number of carboxylic acid groups (broad SMARTS) is 1. The number of rotatable bonds is 7. The van der Waals surface area contributed by atoms with E-state index in [1.54, 1.807) is 0 Å². The second-order valence-electron chi connectivity index (χ2n) is 6.07. The SMILES string of the molecule is CC(C)NC(=O)CCCC(=O)NC1(C(=O)O)CCCCC1. The molecule has 1 fully saturated rings. The first-order chi connectivity index (χ1) is 9.85. The van der Waals surface area contributed by atoms with Crippen LogP contribution in [0.4, 0.5) is 0 Å². The predicted molar refractivity (Wildman–Crippen MR) is 78.7 cm³/mol. The summed E-state index contributed by atoms with van der Waals surface area (Å²) in [7, 11) is 0. The van der Waals surface area contributed by atoms with E-state index in [0.29, 0.717) is 19.3 Å². The molecule has 0 aromatic carbocycles. The highest BCUT2D eigenvalue weighted by atomic mass is 16.4. The van der Waals surface area contributed by atoms with Gasteiger partial charge in [0.15, 0.2) is 0 Å². The van der Waals surface area contributed by atoms with Gasteiger partial charge in [-0.2, -0.15) is 0 Å². The lowest BCUT2D eigenvalue weighted by Crippen LogP contribution is -2.55. The summed E-state index contributed by atoms with van der Waals surface area (Å²) >= 11 is 0. The highest BCUT2D eigenvalue weighted by Gasteiger charge is 2.40. The molecule has 0 spiro atoms. The van der Waals surface area contributed by atoms with Gasteiger partial charge in [0.2, 0.25) is 11.8 Å². The molecule has 6 nitrogen and oxygen atoms in total. The minimum Gasteiger partial charge on any atom is -0.480 e. The van der Waals surface area contributed by atoms with E-state index in [1.807, 2.05) is 13.8 Å². The van der Waals surface area contributed by atoms with Crippen molar-refractivity contribution < 1.29 is 19.5 Å². The van der Waals surface area contributed by atoms with E-state index in [2.05, 4.69) is 10.6 Å². The summed E-state index contributed by atoms with van der Waals surface area (Å²) in [5, 5.41) is 14.8. The zero-order chi connectivity index (χ0) is 15.9. The number of carbonyl (C=O) groups excluding carboxylic acids is 2. The Morgan fingerprint density at radius 3 is 2.14 bits per heavy atom. The van der Waals surface area contributed by atoms with Crippen molar-refractivity contribution in [2.75, 3.05) is 0 Å². The Labute approximate surface area is 125 Å². The molecule has 0 bridgehead atoms. The fourth-order valence-corrected chi connectivity index (χ4v) is 2.68. The van der Waals surface area contributed by atoms with E-state index in [0.717, 1.165) is 19.3 Å². The zero-order valence-electron chi connectivity index (χ0n) is 12.9. The molecule has 21 heavy (non-hydrogen) atoms. The first kappa shape index (κ1) is 17.5. The molecule has 0 atom stereocenters. The molecular weight excluding hydrogens is 272 g/mol. The number of amides is 2. The monoisotopic (exact) mass is 298 g/mol. The average Bonchev–Trinajstić information content (AvgIpc) is 2.38. The highest BCUT2D eigenvalue weighted by Crippen LogP contribution is 2.28.